The Morgan fingerprint density at radius 3 is 2.43 bits per heavy atom. The van der Waals surface area contributed by atoms with Crippen LogP contribution in [0, 0.1) is 6.92 Å². The van der Waals surface area contributed by atoms with Crippen LogP contribution in [-0.4, -0.2) is 28.2 Å². The lowest BCUT2D eigenvalue weighted by Gasteiger charge is -2.35. The average molecular weight is 495 g/mol. The number of carbonyl (C=O) groups excluding carboxylic acids is 1. The summed E-state index contributed by atoms with van der Waals surface area (Å²) in [5.41, 5.74) is 6.72. The first-order valence-corrected chi connectivity index (χ1v) is 12.4. The molecule has 0 saturated carbocycles. The minimum Gasteiger partial charge on any atom is -0.497 e. The van der Waals surface area contributed by atoms with Crippen LogP contribution in [0.1, 0.15) is 48.0 Å². The summed E-state index contributed by atoms with van der Waals surface area (Å²) in [6.45, 7) is 6.53. The van der Waals surface area contributed by atoms with Crippen LogP contribution < -0.4 is 10.1 Å². The summed E-state index contributed by atoms with van der Waals surface area (Å²) in [5.74, 6) is 1.53. The number of hydrogen-bond acceptors (Lipinski definition) is 5. The van der Waals surface area contributed by atoms with E-state index in [0.29, 0.717) is 24.0 Å². The minimum absolute atomic E-state index is 0.168. The molecular weight excluding hydrogens is 464 g/mol. The zero-order chi connectivity index (χ0) is 25.9. The molecule has 1 unspecified atom stereocenters. The second kappa shape index (κ2) is 10.3. The molecule has 7 heteroatoms. The van der Waals surface area contributed by atoms with Crippen molar-refractivity contribution in [1.82, 2.24) is 20.4 Å². The van der Waals surface area contributed by atoms with Crippen LogP contribution in [0.5, 0.6) is 5.75 Å². The van der Waals surface area contributed by atoms with Crippen molar-refractivity contribution in [3.05, 3.63) is 107 Å². The first-order valence-electron chi connectivity index (χ1n) is 12.4. The number of urea groups is 1. The number of carbonyl (C=O) groups is 1. The summed E-state index contributed by atoms with van der Waals surface area (Å²) >= 11 is 0. The summed E-state index contributed by atoms with van der Waals surface area (Å²) in [6, 6.07) is 23.4. The highest BCUT2D eigenvalue weighted by Crippen LogP contribution is 2.38. The molecular formula is C30H30N4O3. The molecule has 7 nitrogen and oxygen atoms in total. The van der Waals surface area contributed by atoms with Gasteiger partial charge in [0, 0.05) is 11.3 Å². The molecule has 1 aliphatic rings. The zero-order valence-corrected chi connectivity index (χ0v) is 21.5. The minimum atomic E-state index is -0.425. The topological polar surface area (TPSA) is 80.5 Å². The van der Waals surface area contributed by atoms with Gasteiger partial charge in [-0.15, -0.1) is 0 Å². The van der Waals surface area contributed by atoms with Crippen molar-refractivity contribution in [2.45, 2.75) is 39.8 Å². The van der Waals surface area contributed by atoms with Crippen LogP contribution in [0.25, 0.3) is 17.0 Å². The maximum absolute atomic E-state index is 13.4. The van der Waals surface area contributed by atoms with Gasteiger partial charge in [0.25, 0.3) is 5.89 Å². The standard InChI is InChI=1S/C30H30N4O3/c1-5-21-13-15-23(16-14-21)27-26(29-32-28(33-37-29)24-7-6-8-25(17-24)36-4)20(3)34(30(35)31-27)18-22-11-9-19(2)10-12-22/h6-17,27H,5,18H2,1-4H3,(H,31,35). The van der Waals surface area contributed by atoms with Gasteiger partial charge in [-0.05, 0) is 49.1 Å². The van der Waals surface area contributed by atoms with E-state index in [9.17, 15) is 4.79 Å². The average Bonchev–Trinajstić information content (AvgIpc) is 3.41. The molecule has 3 aromatic carbocycles. The highest BCUT2D eigenvalue weighted by Gasteiger charge is 2.35. The number of hydrogen-bond donors (Lipinski definition) is 1. The van der Waals surface area contributed by atoms with Crippen molar-refractivity contribution in [2.24, 2.45) is 0 Å². The van der Waals surface area contributed by atoms with Crippen LogP contribution in [0.3, 0.4) is 0 Å². The molecule has 0 fully saturated rings. The van der Waals surface area contributed by atoms with Gasteiger partial charge in [-0.3, -0.25) is 4.90 Å². The molecule has 1 atom stereocenters. The van der Waals surface area contributed by atoms with Crippen LogP contribution in [0.15, 0.2) is 83.0 Å². The molecule has 2 amide bonds. The highest BCUT2D eigenvalue weighted by molar-refractivity contribution is 5.87. The Morgan fingerprint density at radius 2 is 1.73 bits per heavy atom. The number of ether oxygens (including phenoxy) is 1. The number of benzene rings is 3. The zero-order valence-electron chi connectivity index (χ0n) is 21.5. The van der Waals surface area contributed by atoms with Crippen molar-refractivity contribution in [3.8, 4) is 17.1 Å². The second-order valence-corrected chi connectivity index (χ2v) is 9.20. The van der Waals surface area contributed by atoms with E-state index < -0.39 is 6.04 Å². The first-order chi connectivity index (χ1) is 18.0. The maximum Gasteiger partial charge on any atom is 0.322 e. The molecule has 37 heavy (non-hydrogen) atoms. The van der Waals surface area contributed by atoms with Crippen molar-refractivity contribution in [3.63, 3.8) is 0 Å². The van der Waals surface area contributed by atoms with Crippen LogP contribution in [0.4, 0.5) is 4.79 Å². The van der Waals surface area contributed by atoms with Gasteiger partial charge in [0.15, 0.2) is 0 Å². The van der Waals surface area contributed by atoms with E-state index in [1.54, 1.807) is 12.0 Å². The first kappa shape index (κ1) is 24.3. The fourth-order valence-corrected chi connectivity index (χ4v) is 4.53. The molecule has 4 aromatic rings. The van der Waals surface area contributed by atoms with Crippen molar-refractivity contribution < 1.29 is 14.1 Å². The summed E-state index contributed by atoms with van der Waals surface area (Å²) in [5, 5.41) is 7.44. The highest BCUT2D eigenvalue weighted by atomic mass is 16.5. The van der Waals surface area contributed by atoms with Gasteiger partial charge in [0.1, 0.15) is 5.75 Å². The van der Waals surface area contributed by atoms with E-state index in [0.717, 1.165) is 34.4 Å². The van der Waals surface area contributed by atoms with Gasteiger partial charge in [-0.25, -0.2) is 4.79 Å². The van der Waals surface area contributed by atoms with Crippen molar-refractivity contribution in [1.29, 1.82) is 0 Å². The number of methoxy groups -OCH3 is 1. The summed E-state index contributed by atoms with van der Waals surface area (Å²) in [7, 11) is 1.62. The predicted molar refractivity (Wildman–Crippen MR) is 143 cm³/mol. The molecule has 5 rings (SSSR count). The van der Waals surface area contributed by atoms with Crippen molar-refractivity contribution >= 4 is 11.6 Å². The molecule has 1 N–H and O–H groups in total. The van der Waals surface area contributed by atoms with Gasteiger partial charge in [0.2, 0.25) is 5.82 Å². The maximum atomic E-state index is 13.4. The van der Waals surface area contributed by atoms with Gasteiger partial charge in [-0.2, -0.15) is 4.98 Å². The number of allylic oxidation sites excluding steroid dienone is 1. The van der Waals surface area contributed by atoms with E-state index in [1.165, 1.54) is 11.1 Å². The number of amides is 2. The van der Waals surface area contributed by atoms with Gasteiger partial charge >= 0.3 is 6.03 Å². The van der Waals surface area contributed by atoms with Crippen molar-refractivity contribution in [2.75, 3.05) is 7.11 Å². The third-order valence-corrected chi connectivity index (χ3v) is 6.76. The lowest BCUT2D eigenvalue weighted by atomic mass is 9.93. The molecule has 1 aliphatic heterocycles. The van der Waals surface area contributed by atoms with E-state index >= 15 is 0 Å². The Kier molecular flexibility index (Phi) is 6.77. The Hall–Kier alpha value is -4.39. The summed E-state index contributed by atoms with van der Waals surface area (Å²) in [4.78, 5) is 19.8. The number of nitrogens with one attached hydrogen (secondary N) is 1. The fraction of sp³-hybridized carbons (Fsp3) is 0.233. The second-order valence-electron chi connectivity index (χ2n) is 9.20. The van der Waals surface area contributed by atoms with Gasteiger partial charge in [-0.1, -0.05) is 78.3 Å². The molecule has 0 saturated heterocycles. The normalized spacial score (nSPS) is 15.6. The monoisotopic (exact) mass is 494 g/mol. The molecule has 1 aromatic heterocycles. The number of aromatic nitrogens is 2. The van der Waals surface area contributed by atoms with Crippen LogP contribution in [0.2, 0.25) is 0 Å². The Labute approximate surface area is 216 Å². The number of rotatable bonds is 7. The molecule has 0 spiro atoms. The third kappa shape index (κ3) is 4.98. The SMILES string of the molecule is CCc1ccc(C2NC(=O)N(Cc3ccc(C)cc3)C(C)=C2c2nc(-c3cccc(OC)c3)no2)cc1. The molecule has 0 bridgehead atoms. The molecule has 2 heterocycles. The Balaban J connectivity index is 1.58. The fourth-order valence-electron chi connectivity index (χ4n) is 4.53. The molecule has 188 valence electrons. The Morgan fingerprint density at radius 1 is 1.00 bits per heavy atom. The van der Waals surface area contributed by atoms with E-state index in [4.69, 9.17) is 14.2 Å². The largest absolute Gasteiger partial charge is 0.497 e. The molecule has 0 aliphatic carbocycles. The Bertz CT molecular complexity index is 1440. The quantitative estimate of drug-likeness (QED) is 0.325. The van der Waals surface area contributed by atoms with Crippen LogP contribution in [-0.2, 0) is 13.0 Å². The number of nitrogens with zero attached hydrogens (tertiary/aromatic N) is 3. The summed E-state index contributed by atoms with van der Waals surface area (Å²) in [6.07, 6.45) is 0.941. The lowest BCUT2D eigenvalue weighted by molar-refractivity contribution is 0.203. The third-order valence-electron chi connectivity index (χ3n) is 6.76. The van der Waals surface area contributed by atoms with E-state index in [1.807, 2.05) is 74.5 Å². The number of aryl methyl sites for hydroxylation is 2. The van der Waals surface area contributed by atoms with E-state index in [2.05, 4.69) is 29.5 Å². The van der Waals surface area contributed by atoms with E-state index in [-0.39, 0.29) is 6.03 Å². The predicted octanol–water partition coefficient (Wildman–Crippen LogP) is 6.31. The van der Waals surface area contributed by atoms with Crippen LogP contribution >= 0.6 is 0 Å². The smallest absolute Gasteiger partial charge is 0.322 e. The molecule has 0 radical (unpaired) electrons. The van der Waals surface area contributed by atoms with Gasteiger partial charge in [0.05, 0.1) is 25.3 Å². The summed E-state index contributed by atoms with van der Waals surface area (Å²) < 4.78 is 11.2. The lowest BCUT2D eigenvalue weighted by Crippen LogP contribution is -2.45. The van der Waals surface area contributed by atoms with Gasteiger partial charge < -0.3 is 14.6 Å².